The van der Waals surface area contributed by atoms with Gasteiger partial charge in [-0.15, -0.1) is 0 Å². The summed E-state index contributed by atoms with van der Waals surface area (Å²) in [6.07, 6.45) is 4.98. The molecule has 0 amide bonds. The summed E-state index contributed by atoms with van der Waals surface area (Å²) in [6.45, 7) is 3.02. The van der Waals surface area contributed by atoms with E-state index in [1.807, 2.05) is 0 Å². The lowest BCUT2D eigenvalue weighted by atomic mass is 10.5. The number of hydrogen-bond acceptors (Lipinski definition) is 3. The van der Waals surface area contributed by atoms with E-state index < -0.39 is 0 Å². The molecule has 1 radical (unpaired) electrons. The molecule has 0 unspecified atom stereocenters. The maximum absolute atomic E-state index is 4.61. The Hall–Kier alpha value is -0.990. The van der Waals surface area contributed by atoms with Gasteiger partial charge in [0, 0.05) is 6.54 Å². The lowest BCUT2D eigenvalue weighted by molar-refractivity contribution is 0.548. The standard InChI is InChI=1S/C6H9N2O/c1-2-3-7-6-4-9-5-8-6/h4,7H,2-3H2,1H3. The molecule has 0 saturated carbocycles. The first kappa shape index (κ1) is 6.13. The minimum absolute atomic E-state index is 0.761. The molecular weight excluding hydrogens is 116 g/mol. The summed E-state index contributed by atoms with van der Waals surface area (Å²) in [6, 6.07) is 0. The zero-order valence-corrected chi connectivity index (χ0v) is 5.35. The van der Waals surface area contributed by atoms with Gasteiger partial charge in [0.15, 0.2) is 5.82 Å². The van der Waals surface area contributed by atoms with Gasteiger partial charge >= 0.3 is 0 Å². The van der Waals surface area contributed by atoms with Crippen LogP contribution >= 0.6 is 0 Å². The Morgan fingerprint density at radius 3 is 3.33 bits per heavy atom. The van der Waals surface area contributed by atoms with Gasteiger partial charge in [-0.2, -0.15) is 4.98 Å². The van der Waals surface area contributed by atoms with Gasteiger partial charge in [-0.25, -0.2) is 0 Å². The molecule has 0 aromatic carbocycles. The summed E-state index contributed by atoms with van der Waals surface area (Å²) in [5, 5.41) is 3.04. The molecule has 0 bridgehead atoms. The molecule has 0 aliphatic heterocycles. The lowest BCUT2D eigenvalue weighted by Crippen LogP contribution is -1.98. The van der Waals surface area contributed by atoms with Crippen LogP contribution in [0.1, 0.15) is 13.3 Å². The number of nitrogens with zero attached hydrogens (tertiary/aromatic N) is 1. The molecule has 1 heterocycles. The zero-order valence-electron chi connectivity index (χ0n) is 5.35. The van der Waals surface area contributed by atoms with Gasteiger partial charge in [0.25, 0.3) is 6.39 Å². The minimum atomic E-state index is 0.761. The number of anilines is 1. The second-order valence-electron chi connectivity index (χ2n) is 1.75. The van der Waals surface area contributed by atoms with E-state index in [-0.39, 0.29) is 0 Å². The molecule has 1 aromatic rings. The van der Waals surface area contributed by atoms with E-state index in [0.717, 1.165) is 18.8 Å². The zero-order chi connectivity index (χ0) is 6.53. The third kappa shape index (κ3) is 1.76. The van der Waals surface area contributed by atoms with E-state index in [0.29, 0.717) is 0 Å². The topological polar surface area (TPSA) is 38.1 Å². The maximum atomic E-state index is 4.61. The van der Waals surface area contributed by atoms with Crippen LogP contribution in [0.3, 0.4) is 0 Å². The van der Waals surface area contributed by atoms with Gasteiger partial charge in [-0.3, -0.25) is 0 Å². The fourth-order valence-corrected chi connectivity index (χ4v) is 0.518. The average molecular weight is 125 g/mol. The Bertz CT molecular complexity index is 148. The van der Waals surface area contributed by atoms with Crippen molar-refractivity contribution < 1.29 is 4.42 Å². The highest BCUT2D eigenvalue weighted by Gasteiger charge is 1.90. The first-order valence-electron chi connectivity index (χ1n) is 2.99. The quantitative estimate of drug-likeness (QED) is 0.661. The van der Waals surface area contributed by atoms with E-state index >= 15 is 0 Å². The Labute approximate surface area is 54.1 Å². The van der Waals surface area contributed by atoms with Gasteiger partial charge in [-0.05, 0) is 6.42 Å². The average Bonchev–Trinajstić information content (AvgIpc) is 2.34. The van der Waals surface area contributed by atoms with E-state index in [1.165, 1.54) is 6.26 Å². The molecule has 1 N–H and O–H groups in total. The molecule has 0 spiro atoms. The smallest absolute Gasteiger partial charge is 0.285 e. The predicted octanol–water partition coefficient (Wildman–Crippen LogP) is 1.30. The summed E-state index contributed by atoms with van der Waals surface area (Å²) < 4.78 is 4.61. The Kier molecular flexibility index (Phi) is 2.13. The van der Waals surface area contributed by atoms with Crippen molar-refractivity contribution in [1.29, 1.82) is 0 Å². The predicted molar refractivity (Wildman–Crippen MR) is 34.1 cm³/mol. The maximum Gasteiger partial charge on any atom is 0.285 e. The molecule has 1 aromatic heterocycles. The summed E-state index contributed by atoms with van der Waals surface area (Å²) >= 11 is 0. The fraction of sp³-hybridized carbons (Fsp3) is 0.500. The number of hydrogen-bond donors (Lipinski definition) is 1. The van der Waals surface area contributed by atoms with Crippen molar-refractivity contribution >= 4 is 5.82 Å². The molecule has 0 aliphatic carbocycles. The second kappa shape index (κ2) is 3.12. The van der Waals surface area contributed by atoms with E-state index in [1.54, 1.807) is 0 Å². The van der Waals surface area contributed by atoms with Crippen LogP contribution in [-0.2, 0) is 0 Å². The van der Waals surface area contributed by atoms with Crippen molar-refractivity contribution in [1.82, 2.24) is 4.98 Å². The van der Waals surface area contributed by atoms with Crippen molar-refractivity contribution in [3.05, 3.63) is 12.7 Å². The largest absolute Gasteiger partial charge is 0.439 e. The van der Waals surface area contributed by atoms with Crippen LogP contribution in [0.2, 0.25) is 0 Å². The van der Waals surface area contributed by atoms with Gasteiger partial charge in [0.2, 0.25) is 0 Å². The Balaban J connectivity index is 2.30. The summed E-state index contributed by atoms with van der Waals surface area (Å²) in [7, 11) is 0. The van der Waals surface area contributed by atoms with Crippen molar-refractivity contribution in [2.24, 2.45) is 0 Å². The molecular formula is C6H9N2O. The van der Waals surface area contributed by atoms with Crippen molar-refractivity contribution in [2.75, 3.05) is 11.9 Å². The number of oxazole rings is 1. The van der Waals surface area contributed by atoms with Crippen LogP contribution in [-0.4, -0.2) is 11.5 Å². The van der Waals surface area contributed by atoms with Gasteiger partial charge in [0.1, 0.15) is 6.26 Å². The van der Waals surface area contributed by atoms with Crippen molar-refractivity contribution in [2.45, 2.75) is 13.3 Å². The molecule has 3 nitrogen and oxygen atoms in total. The highest BCUT2D eigenvalue weighted by Crippen LogP contribution is 1.98. The number of aromatic nitrogens is 1. The SMILES string of the molecule is CCCNc1co[c]n1. The van der Waals surface area contributed by atoms with Crippen LogP contribution in [0.5, 0.6) is 0 Å². The second-order valence-corrected chi connectivity index (χ2v) is 1.75. The van der Waals surface area contributed by atoms with Gasteiger partial charge in [-0.1, -0.05) is 6.92 Å². The van der Waals surface area contributed by atoms with E-state index in [2.05, 4.69) is 28.0 Å². The molecule has 0 fully saturated rings. The van der Waals surface area contributed by atoms with Gasteiger partial charge < -0.3 is 9.73 Å². The molecule has 0 atom stereocenters. The van der Waals surface area contributed by atoms with Crippen molar-refractivity contribution in [3.8, 4) is 0 Å². The third-order valence-corrected chi connectivity index (χ3v) is 0.945. The van der Waals surface area contributed by atoms with Crippen LogP contribution in [0, 0.1) is 6.39 Å². The van der Waals surface area contributed by atoms with Crippen LogP contribution in [0.4, 0.5) is 5.82 Å². The molecule has 49 valence electrons. The molecule has 1 rings (SSSR count). The Morgan fingerprint density at radius 1 is 1.89 bits per heavy atom. The third-order valence-electron chi connectivity index (χ3n) is 0.945. The highest BCUT2D eigenvalue weighted by molar-refractivity contribution is 5.27. The minimum Gasteiger partial charge on any atom is -0.439 e. The van der Waals surface area contributed by atoms with Gasteiger partial charge in [0.05, 0.1) is 0 Å². The number of nitrogens with one attached hydrogen (secondary N) is 1. The molecule has 0 aliphatic rings. The van der Waals surface area contributed by atoms with Crippen LogP contribution in [0.25, 0.3) is 0 Å². The molecule has 9 heavy (non-hydrogen) atoms. The summed E-state index contributed by atoms with van der Waals surface area (Å²) in [4.78, 5) is 3.75. The monoisotopic (exact) mass is 125 g/mol. The molecule has 0 saturated heterocycles. The van der Waals surface area contributed by atoms with E-state index in [9.17, 15) is 0 Å². The fourth-order valence-electron chi connectivity index (χ4n) is 0.518. The highest BCUT2D eigenvalue weighted by atomic mass is 16.3. The summed E-state index contributed by atoms with van der Waals surface area (Å²) in [5.74, 6) is 0.761. The van der Waals surface area contributed by atoms with E-state index in [4.69, 9.17) is 0 Å². The Morgan fingerprint density at radius 2 is 2.78 bits per heavy atom. The van der Waals surface area contributed by atoms with Crippen LogP contribution in [0.15, 0.2) is 10.7 Å². The lowest BCUT2D eigenvalue weighted by Gasteiger charge is -1.94. The van der Waals surface area contributed by atoms with Crippen molar-refractivity contribution in [3.63, 3.8) is 0 Å². The normalized spacial score (nSPS) is 9.44. The van der Waals surface area contributed by atoms with Crippen LogP contribution < -0.4 is 5.32 Å². The number of rotatable bonds is 3. The first-order valence-corrected chi connectivity index (χ1v) is 2.99. The summed E-state index contributed by atoms with van der Waals surface area (Å²) in [5.41, 5.74) is 0. The first-order chi connectivity index (χ1) is 4.43. The molecule has 3 heteroatoms.